The molecule has 1 fully saturated rings. The van der Waals surface area contributed by atoms with Crippen molar-refractivity contribution in [1.29, 1.82) is 0 Å². The SMILES string of the molecule is COc1ccc(C(C(=O)Nc2ccc(N3CCOCC3)cc2)N(Cc2cccnc2)C(=O)Cc2ccccc2)cc1. The smallest absolute Gasteiger partial charge is 0.251 e. The lowest BCUT2D eigenvalue weighted by atomic mass is 10.0. The van der Waals surface area contributed by atoms with E-state index in [1.807, 2.05) is 78.9 Å². The Bertz CT molecular complexity index is 1410. The maximum atomic E-state index is 14.1. The van der Waals surface area contributed by atoms with Crippen molar-refractivity contribution in [3.63, 3.8) is 0 Å². The highest BCUT2D eigenvalue weighted by Crippen LogP contribution is 2.28. The number of hydrogen-bond donors (Lipinski definition) is 1. The van der Waals surface area contributed by atoms with E-state index in [1.165, 1.54) is 0 Å². The van der Waals surface area contributed by atoms with E-state index in [-0.39, 0.29) is 24.8 Å². The number of aromatic nitrogens is 1. The second-order valence-electron chi connectivity index (χ2n) is 9.86. The van der Waals surface area contributed by atoms with Crippen molar-refractivity contribution < 1.29 is 19.1 Å². The predicted molar refractivity (Wildman–Crippen MR) is 159 cm³/mol. The molecule has 2 heterocycles. The van der Waals surface area contributed by atoms with E-state index in [2.05, 4.69) is 15.2 Å². The van der Waals surface area contributed by atoms with Gasteiger partial charge in [0.1, 0.15) is 11.8 Å². The van der Waals surface area contributed by atoms with Gasteiger partial charge in [0.05, 0.1) is 26.7 Å². The molecule has 1 aliphatic heterocycles. The Morgan fingerprint density at radius 1 is 0.927 bits per heavy atom. The number of carbonyl (C=O) groups is 2. The summed E-state index contributed by atoms with van der Waals surface area (Å²) in [5.74, 6) is 0.194. The maximum Gasteiger partial charge on any atom is 0.251 e. The van der Waals surface area contributed by atoms with Crippen LogP contribution in [0.4, 0.5) is 11.4 Å². The fourth-order valence-corrected chi connectivity index (χ4v) is 4.93. The molecule has 1 unspecified atom stereocenters. The van der Waals surface area contributed by atoms with Crippen LogP contribution in [0.1, 0.15) is 22.7 Å². The highest BCUT2D eigenvalue weighted by molar-refractivity contribution is 5.98. The number of hydrogen-bond acceptors (Lipinski definition) is 6. The Labute approximate surface area is 240 Å². The molecule has 0 saturated carbocycles. The zero-order chi connectivity index (χ0) is 28.4. The van der Waals surface area contributed by atoms with E-state index in [9.17, 15) is 9.59 Å². The van der Waals surface area contributed by atoms with E-state index in [1.54, 1.807) is 36.5 Å². The van der Waals surface area contributed by atoms with Crippen LogP contribution < -0.4 is 15.0 Å². The number of nitrogens with zero attached hydrogens (tertiary/aromatic N) is 3. The van der Waals surface area contributed by atoms with Crippen LogP contribution >= 0.6 is 0 Å². The molecule has 1 atom stereocenters. The zero-order valence-corrected chi connectivity index (χ0v) is 23.1. The van der Waals surface area contributed by atoms with Gasteiger partial charge in [-0.15, -0.1) is 0 Å². The number of nitrogens with one attached hydrogen (secondary N) is 1. The van der Waals surface area contributed by atoms with Gasteiger partial charge in [-0.1, -0.05) is 48.5 Å². The molecular formula is C33H34N4O4. The first-order valence-electron chi connectivity index (χ1n) is 13.7. The maximum absolute atomic E-state index is 14.1. The summed E-state index contributed by atoms with van der Waals surface area (Å²) in [5.41, 5.74) is 4.12. The Balaban J connectivity index is 1.46. The third-order valence-corrected chi connectivity index (χ3v) is 7.10. The fraction of sp³-hybridized carbons (Fsp3) is 0.242. The van der Waals surface area contributed by atoms with Crippen LogP contribution in [-0.2, 0) is 27.3 Å². The van der Waals surface area contributed by atoms with Crippen LogP contribution in [0.25, 0.3) is 0 Å². The van der Waals surface area contributed by atoms with Gasteiger partial charge in [-0.25, -0.2) is 0 Å². The van der Waals surface area contributed by atoms with Crippen LogP contribution in [0.15, 0.2) is 103 Å². The second-order valence-corrected chi connectivity index (χ2v) is 9.86. The van der Waals surface area contributed by atoms with Crippen molar-refractivity contribution in [2.24, 2.45) is 0 Å². The number of rotatable bonds is 10. The highest BCUT2D eigenvalue weighted by Gasteiger charge is 2.32. The monoisotopic (exact) mass is 550 g/mol. The topological polar surface area (TPSA) is 84.0 Å². The number of carbonyl (C=O) groups excluding carboxylic acids is 2. The molecule has 5 rings (SSSR count). The van der Waals surface area contributed by atoms with Crippen LogP contribution in [0.5, 0.6) is 5.75 Å². The predicted octanol–water partition coefficient (Wildman–Crippen LogP) is 4.88. The third kappa shape index (κ3) is 7.29. The van der Waals surface area contributed by atoms with Crippen LogP contribution in [-0.4, -0.2) is 55.1 Å². The second kappa shape index (κ2) is 13.6. The molecule has 41 heavy (non-hydrogen) atoms. The summed E-state index contributed by atoms with van der Waals surface area (Å²) in [5, 5.41) is 3.06. The number of anilines is 2. The van der Waals surface area contributed by atoms with Crippen LogP contribution in [0.2, 0.25) is 0 Å². The summed E-state index contributed by atoms with van der Waals surface area (Å²) in [6, 6.07) is 27.4. The number of amides is 2. The fourth-order valence-electron chi connectivity index (χ4n) is 4.93. The van der Waals surface area contributed by atoms with Crippen LogP contribution in [0, 0.1) is 0 Å². The third-order valence-electron chi connectivity index (χ3n) is 7.10. The number of morpholine rings is 1. The molecule has 0 bridgehead atoms. The van der Waals surface area contributed by atoms with Gasteiger partial charge in [0, 0.05) is 43.4 Å². The molecule has 2 amide bonds. The summed E-state index contributed by atoms with van der Waals surface area (Å²) >= 11 is 0. The molecule has 0 spiro atoms. The van der Waals surface area contributed by atoms with Crippen molar-refractivity contribution in [3.05, 3.63) is 120 Å². The lowest BCUT2D eigenvalue weighted by Crippen LogP contribution is -2.41. The van der Waals surface area contributed by atoms with E-state index < -0.39 is 6.04 Å². The Hall–Kier alpha value is -4.69. The minimum Gasteiger partial charge on any atom is -0.497 e. The van der Waals surface area contributed by atoms with E-state index in [0.717, 1.165) is 29.9 Å². The molecule has 8 heteroatoms. The number of benzene rings is 3. The van der Waals surface area contributed by atoms with Crippen molar-refractivity contribution in [2.75, 3.05) is 43.6 Å². The summed E-state index contributed by atoms with van der Waals surface area (Å²) in [7, 11) is 1.60. The van der Waals surface area contributed by atoms with Crippen molar-refractivity contribution in [3.8, 4) is 5.75 Å². The summed E-state index contributed by atoms with van der Waals surface area (Å²) < 4.78 is 10.8. The van der Waals surface area contributed by atoms with Gasteiger partial charge in [0.15, 0.2) is 0 Å². The molecule has 3 aromatic carbocycles. The zero-order valence-electron chi connectivity index (χ0n) is 23.1. The van der Waals surface area contributed by atoms with Crippen molar-refractivity contribution in [1.82, 2.24) is 9.88 Å². The minimum atomic E-state index is -0.892. The highest BCUT2D eigenvalue weighted by atomic mass is 16.5. The molecule has 1 aromatic heterocycles. The molecule has 1 N–H and O–H groups in total. The van der Waals surface area contributed by atoms with E-state index in [4.69, 9.17) is 9.47 Å². The average molecular weight is 551 g/mol. The quantitative estimate of drug-likeness (QED) is 0.303. The molecule has 4 aromatic rings. The minimum absolute atomic E-state index is 0.162. The first kappa shape index (κ1) is 27.9. The van der Waals surface area contributed by atoms with Gasteiger partial charge in [-0.2, -0.15) is 0 Å². The standard InChI is InChI=1S/C33H34N4O4/c1-40-30-15-9-27(10-16-30)32(33(39)35-28-11-13-29(14-12-28)36-18-20-41-21-19-36)37(24-26-8-5-17-34-23-26)31(38)22-25-6-3-2-4-7-25/h2-17,23,32H,18-22,24H2,1H3,(H,35,39). The van der Waals surface area contributed by atoms with Gasteiger partial charge < -0.3 is 24.6 Å². The Morgan fingerprint density at radius 3 is 2.29 bits per heavy atom. The van der Waals surface area contributed by atoms with Gasteiger partial charge in [0.25, 0.3) is 5.91 Å². The molecular weight excluding hydrogens is 516 g/mol. The normalized spacial score (nSPS) is 13.7. The number of methoxy groups -OCH3 is 1. The van der Waals surface area contributed by atoms with Crippen LogP contribution in [0.3, 0.4) is 0 Å². The van der Waals surface area contributed by atoms with Gasteiger partial charge >= 0.3 is 0 Å². The average Bonchev–Trinajstić information content (AvgIpc) is 3.03. The molecule has 1 saturated heterocycles. The summed E-state index contributed by atoms with van der Waals surface area (Å²) in [6.45, 7) is 3.29. The first-order chi connectivity index (χ1) is 20.1. The van der Waals surface area contributed by atoms with Gasteiger partial charge in [0.2, 0.25) is 5.91 Å². The van der Waals surface area contributed by atoms with E-state index in [0.29, 0.717) is 30.2 Å². The lowest BCUT2D eigenvalue weighted by Gasteiger charge is -2.32. The molecule has 0 aliphatic carbocycles. The summed E-state index contributed by atoms with van der Waals surface area (Å²) in [4.78, 5) is 36.1. The van der Waals surface area contributed by atoms with Gasteiger partial charge in [-0.3, -0.25) is 14.6 Å². The van der Waals surface area contributed by atoms with Gasteiger partial charge in [-0.05, 0) is 59.2 Å². The molecule has 1 aliphatic rings. The Kier molecular flexibility index (Phi) is 9.23. The lowest BCUT2D eigenvalue weighted by molar-refractivity contribution is -0.139. The van der Waals surface area contributed by atoms with E-state index >= 15 is 0 Å². The largest absolute Gasteiger partial charge is 0.497 e. The van der Waals surface area contributed by atoms with Crippen molar-refractivity contribution in [2.45, 2.75) is 19.0 Å². The molecule has 210 valence electrons. The number of ether oxygens (including phenoxy) is 2. The first-order valence-corrected chi connectivity index (χ1v) is 13.7. The molecule has 8 nitrogen and oxygen atoms in total. The summed E-state index contributed by atoms with van der Waals surface area (Å²) in [6.07, 6.45) is 3.57. The molecule has 0 radical (unpaired) electrons. The number of pyridine rings is 1. The Morgan fingerprint density at radius 2 is 1.63 bits per heavy atom. The van der Waals surface area contributed by atoms with Crippen molar-refractivity contribution >= 4 is 23.2 Å².